The van der Waals surface area contributed by atoms with Gasteiger partial charge in [0.05, 0.1) is 4.92 Å². The van der Waals surface area contributed by atoms with Gasteiger partial charge in [-0.1, -0.05) is 103 Å². The average molecular weight is 406 g/mol. The number of nitrogens with one attached hydrogen (secondary N) is 1. The minimum Gasteiger partial charge on any atom is -0.393 e. The second-order valence-corrected chi connectivity index (χ2v) is 8.26. The Kier molecular flexibility index (Phi) is 14.9. The van der Waals surface area contributed by atoms with E-state index in [0.717, 1.165) is 18.7 Å². The van der Waals surface area contributed by atoms with Crippen LogP contribution >= 0.6 is 0 Å². The predicted molar refractivity (Wildman–Crippen MR) is 126 cm³/mol. The van der Waals surface area contributed by atoms with Gasteiger partial charge in [-0.25, -0.2) is 0 Å². The largest absolute Gasteiger partial charge is 0.393 e. The molecule has 0 unspecified atom stereocenters. The first-order valence-corrected chi connectivity index (χ1v) is 11.9. The van der Waals surface area contributed by atoms with Crippen molar-refractivity contribution in [1.29, 1.82) is 0 Å². The molecule has 1 rings (SSSR count). The molecule has 0 aliphatic carbocycles. The van der Waals surface area contributed by atoms with Crippen LogP contribution in [0.5, 0.6) is 0 Å². The highest BCUT2D eigenvalue weighted by Gasteiger charge is 2.10. The zero-order valence-electron chi connectivity index (χ0n) is 18.6. The molecule has 0 saturated carbocycles. The molecule has 0 spiro atoms. The number of nitrogen functional groups attached to an aromatic ring is 1. The first-order valence-electron chi connectivity index (χ1n) is 11.9. The lowest BCUT2D eigenvalue weighted by Gasteiger charge is -2.07. The van der Waals surface area contributed by atoms with Gasteiger partial charge in [0.25, 0.3) is 5.69 Å². The van der Waals surface area contributed by atoms with Crippen LogP contribution in [0.25, 0.3) is 0 Å². The molecule has 0 radical (unpaired) electrons. The van der Waals surface area contributed by atoms with E-state index >= 15 is 0 Å². The van der Waals surface area contributed by atoms with Gasteiger partial charge in [-0.05, 0) is 18.6 Å². The summed E-state index contributed by atoms with van der Waals surface area (Å²) in [6.45, 7) is 3.16. The lowest BCUT2D eigenvalue weighted by atomic mass is 10.0. The Labute approximate surface area is 178 Å². The summed E-state index contributed by atoms with van der Waals surface area (Å²) >= 11 is 0. The quantitative estimate of drug-likeness (QED) is 0.106. The zero-order chi connectivity index (χ0) is 21.2. The Morgan fingerprint density at radius 3 is 1.66 bits per heavy atom. The minimum absolute atomic E-state index is 0.0297. The Morgan fingerprint density at radius 1 is 0.793 bits per heavy atom. The van der Waals surface area contributed by atoms with Crippen LogP contribution in [0.2, 0.25) is 0 Å². The van der Waals surface area contributed by atoms with Crippen LogP contribution in [0, 0.1) is 10.1 Å². The fourth-order valence-corrected chi connectivity index (χ4v) is 3.74. The summed E-state index contributed by atoms with van der Waals surface area (Å²) in [6, 6.07) is 4.83. The molecule has 0 bridgehead atoms. The van der Waals surface area contributed by atoms with E-state index < -0.39 is 4.92 Å². The SMILES string of the molecule is CCCCCCCCCCCCCCCCCCNc1ccc([N+](=O)[O-])c(N)c1. The van der Waals surface area contributed by atoms with Crippen molar-refractivity contribution >= 4 is 17.1 Å². The molecule has 0 atom stereocenters. The molecule has 5 heteroatoms. The van der Waals surface area contributed by atoms with Crippen LogP contribution in [0.3, 0.4) is 0 Å². The van der Waals surface area contributed by atoms with E-state index in [-0.39, 0.29) is 11.4 Å². The summed E-state index contributed by atoms with van der Waals surface area (Å²) in [5, 5.41) is 14.1. The maximum atomic E-state index is 10.8. The molecular weight excluding hydrogens is 362 g/mol. The van der Waals surface area contributed by atoms with E-state index in [2.05, 4.69) is 12.2 Å². The second-order valence-electron chi connectivity index (χ2n) is 8.26. The molecule has 1 aromatic rings. The molecule has 0 aliphatic heterocycles. The van der Waals surface area contributed by atoms with Crippen molar-refractivity contribution in [2.45, 2.75) is 110 Å². The van der Waals surface area contributed by atoms with Crippen molar-refractivity contribution in [3.8, 4) is 0 Å². The molecule has 3 N–H and O–H groups in total. The van der Waals surface area contributed by atoms with Gasteiger partial charge in [0.15, 0.2) is 0 Å². The smallest absolute Gasteiger partial charge is 0.292 e. The molecule has 29 heavy (non-hydrogen) atoms. The third kappa shape index (κ3) is 13.1. The standard InChI is InChI=1S/C24H43N3O2/c1-2-3-4-5-6-7-8-9-10-11-12-13-14-15-16-17-20-26-22-18-19-24(27(28)29)23(25)21-22/h18-19,21,26H,2-17,20,25H2,1H3. The van der Waals surface area contributed by atoms with Crippen LogP contribution in [0.15, 0.2) is 18.2 Å². The summed E-state index contributed by atoms with van der Waals surface area (Å²) in [5.41, 5.74) is 6.75. The lowest BCUT2D eigenvalue weighted by molar-refractivity contribution is -0.383. The zero-order valence-corrected chi connectivity index (χ0v) is 18.6. The number of anilines is 2. The van der Waals surface area contributed by atoms with Crippen LogP contribution in [-0.2, 0) is 0 Å². The summed E-state index contributed by atoms with van der Waals surface area (Å²) in [5.74, 6) is 0. The highest BCUT2D eigenvalue weighted by atomic mass is 16.6. The molecule has 1 aromatic carbocycles. The van der Waals surface area contributed by atoms with Crippen molar-refractivity contribution < 1.29 is 4.92 Å². The van der Waals surface area contributed by atoms with Crippen LogP contribution < -0.4 is 11.1 Å². The van der Waals surface area contributed by atoms with Gasteiger partial charge in [-0.15, -0.1) is 0 Å². The summed E-state index contributed by atoms with van der Waals surface area (Å²) < 4.78 is 0. The van der Waals surface area contributed by atoms with E-state index in [1.54, 1.807) is 12.1 Å². The topological polar surface area (TPSA) is 81.2 Å². The number of nitrogens with two attached hydrogens (primary N) is 1. The Bertz CT molecular complexity index is 549. The molecular formula is C24H43N3O2. The number of nitro benzene ring substituents is 1. The second kappa shape index (κ2) is 17.1. The number of benzene rings is 1. The lowest BCUT2D eigenvalue weighted by Crippen LogP contribution is -2.03. The number of nitro groups is 1. The minimum atomic E-state index is -0.450. The van der Waals surface area contributed by atoms with Crippen molar-refractivity contribution in [1.82, 2.24) is 0 Å². The highest BCUT2D eigenvalue weighted by molar-refractivity contribution is 5.65. The van der Waals surface area contributed by atoms with Crippen LogP contribution in [0.4, 0.5) is 17.1 Å². The first-order chi connectivity index (χ1) is 14.1. The molecule has 0 amide bonds. The third-order valence-electron chi connectivity index (χ3n) is 5.58. The maximum absolute atomic E-state index is 10.8. The van der Waals surface area contributed by atoms with Crippen molar-refractivity contribution in [2.75, 3.05) is 17.6 Å². The van der Waals surface area contributed by atoms with Gasteiger partial charge >= 0.3 is 0 Å². The fraction of sp³-hybridized carbons (Fsp3) is 0.750. The van der Waals surface area contributed by atoms with Gasteiger partial charge < -0.3 is 11.1 Å². The summed E-state index contributed by atoms with van der Waals surface area (Å²) in [7, 11) is 0. The van der Waals surface area contributed by atoms with E-state index in [0.29, 0.717) is 0 Å². The van der Waals surface area contributed by atoms with E-state index in [1.165, 1.54) is 102 Å². The maximum Gasteiger partial charge on any atom is 0.292 e. The number of unbranched alkanes of at least 4 members (excludes halogenated alkanes) is 15. The molecule has 0 saturated heterocycles. The monoisotopic (exact) mass is 405 g/mol. The number of hydrogen-bond acceptors (Lipinski definition) is 4. The number of hydrogen-bond donors (Lipinski definition) is 2. The fourth-order valence-electron chi connectivity index (χ4n) is 3.74. The van der Waals surface area contributed by atoms with Crippen LogP contribution in [-0.4, -0.2) is 11.5 Å². The number of rotatable bonds is 19. The van der Waals surface area contributed by atoms with Gasteiger partial charge in [-0.3, -0.25) is 10.1 Å². The molecule has 0 aromatic heterocycles. The van der Waals surface area contributed by atoms with Gasteiger partial charge in [-0.2, -0.15) is 0 Å². The highest BCUT2D eigenvalue weighted by Crippen LogP contribution is 2.24. The third-order valence-corrected chi connectivity index (χ3v) is 5.58. The van der Waals surface area contributed by atoms with E-state index in [4.69, 9.17) is 5.73 Å². The molecule has 166 valence electrons. The predicted octanol–water partition coefficient (Wildman–Crippen LogP) is 7.85. The summed E-state index contributed by atoms with van der Waals surface area (Å²) in [4.78, 5) is 10.3. The van der Waals surface area contributed by atoms with Crippen LogP contribution in [0.1, 0.15) is 110 Å². The molecule has 0 fully saturated rings. The Morgan fingerprint density at radius 2 is 1.24 bits per heavy atom. The first kappa shape index (κ1) is 25.3. The van der Waals surface area contributed by atoms with Gasteiger partial charge in [0.2, 0.25) is 0 Å². The van der Waals surface area contributed by atoms with E-state index in [9.17, 15) is 10.1 Å². The number of nitrogens with zero attached hydrogens (tertiary/aromatic N) is 1. The van der Waals surface area contributed by atoms with Gasteiger partial charge in [0.1, 0.15) is 5.69 Å². The molecule has 5 nitrogen and oxygen atoms in total. The molecule has 0 heterocycles. The van der Waals surface area contributed by atoms with E-state index in [1.807, 2.05) is 0 Å². The Hall–Kier alpha value is -1.78. The Balaban J connectivity index is 1.85. The summed E-state index contributed by atoms with van der Waals surface area (Å²) in [6.07, 6.45) is 21.9. The average Bonchev–Trinajstić information content (AvgIpc) is 2.70. The van der Waals surface area contributed by atoms with Crippen molar-refractivity contribution in [2.24, 2.45) is 0 Å². The van der Waals surface area contributed by atoms with Crippen molar-refractivity contribution in [3.05, 3.63) is 28.3 Å². The molecule has 0 aliphatic rings. The normalized spacial score (nSPS) is 10.9. The van der Waals surface area contributed by atoms with Gasteiger partial charge in [0, 0.05) is 18.3 Å². The van der Waals surface area contributed by atoms with Crippen molar-refractivity contribution in [3.63, 3.8) is 0 Å².